The Morgan fingerprint density at radius 1 is 0.967 bits per heavy atom. The Balaban J connectivity index is 1.24. The van der Waals surface area contributed by atoms with Gasteiger partial charge in [-0.3, -0.25) is 14.4 Å². The molecule has 1 fully saturated rings. The molecule has 0 saturated carbocycles. The van der Waals surface area contributed by atoms with E-state index in [0.717, 1.165) is 25.4 Å². The maximum Gasteiger partial charge on any atom is 0.292 e. The van der Waals surface area contributed by atoms with Gasteiger partial charge in [0, 0.05) is 12.3 Å². The molecule has 0 atom stereocenters. The summed E-state index contributed by atoms with van der Waals surface area (Å²) in [5.41, 5.74) is 1.19. The zero-order valence-electron chi connectivity index (χ0n) is 16.8. The topological polar surface area (TPSA) is 63.3 Å². The lowest BCUT2D eigenvalue weighted by Gasteiger charge is -2.11. The number of nitrogens with one attached hydrogen (secondary N) is 1. The number of amides is 1. The van der Waals surface area contributed by atoms with Crippen molar-refractivity contribution in [3.05, 3.63) is 83.9 Å². The lowest BCUT2D eigenvalue weighted by Crippen LogP contribution is -2.18. The maximum atomic E-state index is 12.5. The fraction of sp³-hybridized carbons (Fsp3) is 0.250. The van der Waals surface area contributed by atoms with Crippen molar-refractivity contribution in [3.8, 4) is 0 Å². The van der Waals surface area contributed by atoms with Gasteiger partial charge in [0.05, 0.1) is 13.1 Å². The molecule has 1 amide bonds. The van der Waals surface area contributed by atoms with Gasteiger partial charge < -0.3 is 9.73 Å². The van der Waals surface area contributed by atoms with Gasteiger partial charge in [-0.25, -0.2) is 0 Å². The molecule has 0 unspecified atom stereocenters. The molecular weight excluding hydrogens is 376 g/mol. The minimum Gasteiger partial charge on any atom is -0.455 e. The Hall–Kier alpha value is -3.38. The fourth-order valence-corrected chi connectivity index (χ4v) is 4.05. The van der Waals surface area contributed by atoms with Crippen LogP contribution < -0.4 is 5.32 Å². The molecule has 0 aliphatic carbocycles. The van der Waals surface area contributed by atoms with Crippen LogP contribution in [0.15, 0.2) is 71.3 Å². The van der Waals surface area contributed by atoms with Gasteiger partial charge in [0.15, 0.2) is 11.6 Å². The second-order valence-electron chi connectivity index (χ2n) is 7.74. The molecule has 0 spiro atoms. The van der Waals surface area contributed by atoms with Crippen molar-refractivity contribution in [1.82, 2.24) is 14.7 Å². The number of furan rings is 1. The summed E-state index contributed by atoms with van der Waals surface area (Å²) >= 11 is 0. The molecule has 6 nitrogen and oxygen atoms in total. The highest BCUT2D eigenvalue weighted by atomic mass is 16.4. The van der Waals surface area contributed by atoms with E-state index >= 15 is 0 Å². The van der Waals surface area contributed by atoms with Crippen molar-refractivity contribution in [2.75, 3.05) is 18.4 Å². The van der Waals surface area contributed by atoms with E-state index in [1.165, 1.54) is 29.2 Å². The Morgan fingerprint density at radius 3 is 2.70 bits per heavy atom. The van der Waals surface area contributed by atoms with Crippen LogP contribution in [0.5, 0.6) is 0 Å². The van der Waals surface area contributed by atoms with Crippen LogP contribution in [0.4, 0.5) is 5.82 Å². The second-order valence-corrected chi connectivity index (χ2v) is 7.74. The summed E-state index contributed by atoms with van der Waals surface area (Å²) in [5.74, 6) is 1.37. The van der Waals surface area contributed by atoms with Gasteiger partial charge in [0.1, 0.15) is 5.76 Å². The van der Waals surface area contributed by atoms with E-state index in [2.05, 4.69) is 45.6 Å². The van der Waals surface area contributed by atoms with Crippen molar-refractivity contribution >= 4 is 22.5 Å². The van der Waals surface area contributed by atoms with Crippen LogP contribution in [0, 0.1) is 0 Å². The first-order chi connectivity index (χ1) is 14.7. The van der Waals surface area contributed by atoms with E-state index in [4.69, 9.17) is 4.42 Å². The van der Waals surface area contributed by atoms with Gasteiger partial charge in [-0.1, -0.05) is 42.5 Å². The monoisotopic (exact) mass is 400 g/mol. The third-order valence-corrected chi connectivity index (χ3v) is 5.56. The molecule has 0 radical (unpaired) electrons. The first-order valence-electron chi connectivity index (χ1n) is 10.4. The average molecular weight is 400 g/mol. The van der Waals surface area contributed by atoms with E-state index in [9.17, 15) is 4.79 Å². The first-order valence-corrected chi connectivity index (χ1v) is 10.4. The maximum absolute atomic E-state index is 12.5. The standard InChI is InChI=1S/C24H24N4O2/c29-24(22-11-10-20(30-22)17-27-13-3-4-14-27)25-23-12-15-28(26-23)16-19-8-5-7-18-6-1-2-9-21(18)19/h1-2,5-12,15H,3-4,13-14,16-17H2,(H,25,26,29). The summed E-state index contributed by atoms with van der Waals surface area (Å²) in [6.07, 6.45) is 4.34. The van der Waals surface area contributed by atoms with E-state index in [1.807, 2.05) is 29.1 Å². The van der Waals surface area contributed by atoms with Crippen molar-refractivity contribution in [3.63, 3.8) is 0 Å². The molecule has 30 heavy (non-hydrogen) atoms. The fourth-order valence-electron chi connectivity index (χ4n) is 4.05. The van der Waals surface area contributed by atoms with Crippen LogP contribution in [0.1, 0.15) is 34.7 Å². The number of nitrogens with zero attached hydrogens (tertiary/aromatic N) is 3. The smallest absolute Gasteiger partial charge is 0.292 e. The largest absolute Gasteiger partial charge is 0.455 e. The molecule has 4 aromatic rings. The predicted molar refractivity (Wildman–Crippen MR) is 116 cm³/mol. The number of carbonyl (C=O) groups is 1. The number of rotatable bonds is 6. The van der Waals surface area contributed by atoms with Gasteiger partial charge in [0.2, 0.25) is 0 Å². The molecule has 6 heteroatoms. The summed E-state index contributed by atoms with van der Waals surface area (Å²) < 4.78 is 7.57. The van der Waals surface area contributed by atoms with Crippen LogP contribution in [-0.4, -0.2) is 33.7 Å². The van der Waals surface area contributed by atoms with Crippen LogP contribution in [0.2, 0.25) is 0 Å². The summed E-state index contributed by atoms with van der Waals surface area (Å²) in [4.78, 5) is 14.9. The molecular formula is C24H24N4O2. The van der Waals surface area contributed by atoms with Crippen LogP contribution in [0.3, 0.4) is 0 Å². The van der Waals surface area contributed by atoms with Crippen molar-refractivity contribution < 1.29 is 9.21 Å². The second kappa shape index (κ2) is 8.16. The molecule has 2 aromatic heterocycles. The number of likely N-dealkylation sites (tertiary alicyclic amines) is 1. The number of aromatic nitrogens is 2. The summed E-state index contributed by atoms with van der Waals surface area (Å²) in [5, 5.41) is 9.75. The van der Waals surface area contributed by atoms with Gasteiger partial charge in [-0.05, 0) is 54.4 Å². The quantitative estimate of drug-likeness (QED) is 0.517. The van der Waals surface area contributed by atoms with Crippen LogP contribution in [-0.2, 0) is 13.1 Å². The number of fused-ring (bicyclic) bond motifs is 1. The minimum atomic E-state index is -0.280. The highest BCUT2D eigenvalue weighted by molar-refractivity contribution is 6.01. The molecule has 3 heterocycles. The van der Waals surface area contributed by atoms with Crippen molar-refractivity contribution in [2.24, 2.45) is 0 Å². The number of anilines is 1. The van der Waals surface area contributed by atoms with Gasteiger partial charge >= 0.3 is 0 Å². The third kappa shape index (κ3) is 4.00. The Kier molecular flexibility index (Phi) is 5.07. The SMILES string of the molecule is O=C(Nc1ccn(Cc2cccc3ccccc23)n1)c1ccc(CN2CCCC2)o1. The number of hydrogen-bond donors (Lipinski definition) is 1. The normalized spacial score (nSPS) is 14.4. The van der Waals surface area contributed by atoms with E-state index < -0.39 is 0 Å². The number of carbonyl (C=O) groups excluding carboxylic acids is 1. The average Bonchev–Trinajstić information content (AvgIpc) is 3.52. The molecule has 1 aliphatic rings. The highest BCUT2D eigenvalue weighted by Crippen LogP contribution is 2.20. The Bertz CT molecular complexity index is 1170. The van der Waals surface area contributed by atoms with Crippen molar-refractivity contribution in [2.45, 2.75) is 25.9 Å². The molecule has 152 valence electrons. The van der Waals surface area contributed by atoms with Crippen LogP contribution in [0.25, 0.3) is 10.8 Å². The lowest BCUT2D eigenvalue weighted by molar-refractivity contribution is 0.0993. The van der Waals surface area contributed by atoms with Crippen LogP contribution >= 0.6 is 0 Å². The summed E-state index contributed by atoms with van der Waals surface area (Å²) in [7, 11) is 0. The first kappa shape index (κ1) is 18.6. The lowest BCUT2D eigenvalue weighted by atomic mass is 10.0. The molecule has 2 aromatic carbocycles. The van der Waals surface area contributed by atoms with E-state index in [1.54, 1.807) is 12.1 Å². The predicted octanol–water partition coefficient (Wildman–Crippen LogP) is 4.53. The van der Waals surface area contributed by atoms with Gasteiger partial charge in [0.25, 0.3) is 5.91 Å². The Morgan fingerprint density at radius 2 is 1.80 bits per heavy atom. The molecule has 0 bridgehead atoms. The minimum absolute atomic E-state index is 0.280. The summed E-state index contributed by atoms with van der Waals surface area (Å²) in [6.45, 7) is 3.58. The van der Waals surface area contributed by atoms with Gasteiger partial charge in [-0.15, -0.1) is 0 Å². The third-order valence-electron chi connectivity index (χ3n) is 5.56. The Labute approximate surface area is 175 Å². The molecule has 1 N–H and O–H groups in total. The van der Waals surface area contributed by atoms with E-state index in [-0.39, 0.29) is 5.91 Å². The number of benzene rings is 2. The molecule has 1 aliphatic heterocycles. The number of hydrogen-bond acceptors (Lipinski definition) is 4. The molecule has 5 rings (SSSR count). The zero-order valence-corrected chi connectivity index (χ0v) is 16.8. The zero-order chi connectivity index (χ0) is 20.3. The molecule has 1 saturated heterocycles. The van der Waals surface area contributed by atoms with E-state index in [0.29, 0.717) is 18.1 Å². The summed E-state index contributed by atoms with van der Waals surface area (Å²) in [6, 6.07) is 20.0. The van der Waals surface area contributed by atoms with Gasteiger partial charge in [-0.2, -0.15) is 5.10 Å². The highest BCUT2D eigenvalue weighted by Gasteiger charge is 2.17. The van der Waals surface area contributed by atoms with Crippen molar-refractivity contribution in [1.29, 1.82) is 0 Å².